The highest BCUT2D eigenvalue weighted by atomic mass is 28.4. The summed E-state index contributed by atoms with van der Waals surface area (Å²) < 4.78 is 20.0. The lowest BCUT2D eigenvalue weighted by molar-refractivity contribution is 0.00747. The summed E-state index contributed by atoms with van der Waals surface area (Å²) in [7, 11) is -2.68. The predicted octanol–water partition coefficient (Wildman–Crippen LogP) is 2.65. The van der Waals surface area contributed by atoms with Gasteiger partial charge in [-0.2, -0.15) is 0 Å². The number of hydrogen-bond donors (Lipinski definition) is 0. The molecule has 0 aliphatic heterocycles. The monoisotopic (exact) mass is 263 g/mol. The van der Waals surface area contributed by atoms with Gasteiger partial charge in [-0.15, -0.1) is 0 Å². The number of hydrogen-bond acceptors (Lipinski definition) is 4. The molecule has 104 valence electrons. The van der Waals surface area contributed by atoms with Crippen LogP contribution in [-0.4, -0.2) is 45.9 Å². The van der Waals surface area contributed by atoms with E-state index < -0.39 is 8.97 Å². The Morgan fingerprint density at radius 3 is 1.53 bits per heavy atom. The van der Waals surface area contributed by atoms with E-state index in [0.717, 1.165) is 13.0 Å². The fraction of sp³-hybridized carbons (Fsp3) is 1.00. The van der Waals surface area contributed by atoms with Crippen LogP contribution in [0.25, 0.3) is 0 Å². The first kappa shape index (κ1) is 17.1. The van der Waals surface area contributed by atoms with Gasteiger partial charge < -0.3 is 13.3 Å². The molecular weight excluding hydrogens is 234 g/mol. The van der Waals surface area contributed by atoms with E-state index in [0.29, 0.717) is 25.9 Å². The molecule has 1 atom stereocenters. The van der Waals surface area contributed by atoms with Gasteiger partial charge in [0.2, 0.25) is 0 Å². The Labute approximate surface area is 108 Å². The van der Waals surface area contributed by atoms with Crippen molar-refractivity contribution in [1.82, 2.24) is 4.57 Å². The average Bonchev–Trinajstić information content (AvgIpc) is 2.30. The molecule has 0 N–H and O–H groups in total. The molecule has 0 aliphatic carbocycles. The van der Waals surface area contributed by atoms with Gasteiger partial charge in [0.1, 0.15) is 0 Å². The highest BCUT2D eigenvalue weighted by Crippen LogP contribution is 2.20. The van der Waals surface area contributed by atoms with E-state index in [1.165, 1.54) is 0 Å². The first-order valence-corrected chi connectivity index (χ1v) is 8.47. The zero-order chi connectivity index (χ0) is 13.3. The molecule has 1 unspecified atom stereocenters. The molecule has 0 rings (SSSR count). The molecule has 5 heteroatoms. The van der Waals surface area contributed by atoms with Gasteiger partial charge in [0, 0.05) is 25.9 Å². The van der Waals surface area contributed by atoms with E-state index in [1.807, 2.05) is 20.8 Å². The van der Waals surface area contributed by atoms with Crippen molar-refractivity contribution < 1.29 is 13.3 Å². The summed E-state index contributed by atoms with van der Waals surface area (Å²) in [5.74, 6) is 0. The minimum Gasteiger partial charge on any atom is -0.361 e. The molecule has 0 heterocycles. The Kier molecular flexibility index (Phi) is 9.08. The van der Waals surface area contributed by atoms with Crippen LogP contribution < -0.4 is 0 Å². The lowest BCUT2D eigenvalue weighted by Crippen LogP contribution is -2.63. The lowest BCUT2D eigenvalue weighted by Gasteiger charge is -2.40. The van der Waals surface area contributed by atoms with Crippen LogP contribution in [0, 0.1) is 0 Å². The zero-order valence-electron chi connectivity index (χ0n) is 12.3. The summed E-state index contributed by atoms with van der Waals surface area (Å²) in [4.78, 5) is 0. The normalized spacial score (nSPS) is 14.3. The smallest absolute Gasteiger partial charge is 0.361 e. The van der Waals surface area contributed by atoms with Gasteiger partial charge in [0.25, 0.3) is 0 Å². The summed E-state index contributed by atoms with van der Waals surface area (Å²) in [6, 6.07) is 0.413. The second-order valence-electron chi connectivity index (χ2n) is 3.87. The number of nitrogens with zero attached hydrogens (tertiary/aromatic N) is 1. The molecule has 0 aliphatic rings. The van der Waals surface area contributed by atoms with Crippen molar-refractivity contribution >= 4 is 8.97 Å². The second kappa shape index (κ2) is 9.05. The third-order valence-corrected chi connectivity index (χ3v) is 6.22. The fourth-order valence-electron chi connectivity index (χ4n) is 1.92. The van der Waals surface area contributed by atoms with Crippen LogP contribution in [-0.2, 0) is 13.3 Å². The molecule has 0 radical (unpaired) electrons. The Bertz CT molecular complexity index is 176. The zero-order valence-corrected chi connectivity index (χ0v) is 13.3. The van der Waals surface area contributed by atoms with E-state index >= 15 is 0 Å². The Morgan fingerprint density at radius 1 is 0.882 bits per heavy atom. The van der Waals surface area contributed by atoms with Gasteiger partial charge in [-0.3, -0.25) is 4.57 Å². The van der Waals surface area contributed by atoms with Crippen LogP contribution in [0.1, 0.15) is 48.0 Å². The summed E-state index contributed by atoms with van der Waals surface area (Å²) in [5, 5.41) is 0. The molecule has 0 spiro atoms. The maximum Gasteiger partial charge on any atom is 0.599 e. The molecule has 4 nitrogen and oxygen atoms in total. The molecule has 0 aromatic heterocycles. The van der Waals surface area contributed by atoms with Crippen molar-refractivity contribution in [2.45, 2.75) is 54.0 Å². The maximum absolute atomic E-state index is 5.91. The molecular formula is C12H29NO3Si. The predicted molar refractivity (Wildman–Crippen MR) is 72.8 cm³/mol. The van der Waals surface area contributed by atoms with Gasteiger partial charge >= 0.3 is 8.97 Å². The van der Waals surface area contributed by atoms with Crippen molar-refractivity contribution in [2.24, 2.45) is 0 Å². The van der Waals surface area contributed by atoms with Gasteiger partial charge in [-0.25, -0.2) is 0 Å². The molecule has 0 saturated heterocycles. The van der Waals surface area contributed by atoms with Crippen LogP contribution in [0.5, 0.6) is 0 Å². The van der Waals surface area contributed by atoms with Crippen molar-refractivity contribution in [3.05, 3.63) is 0 Å². The SMILES string of the molecule is CCO[Si](OCC)(OCC)N(CC)C(C)CC. The highest BCUT2D eigenvalue weighted by molar-refractivity contribution is 6.57. The molecule has 0 aromatic carbocycles. The second-order valence-corrected chi connectivity index (χ2v) is 6.35. The van der Waals surface area contributed by atoms with E-state index in [-0.39, 0.29) is 0 Å². The molecule has 0 aromatic rings. The van der Waals surface area contributed by atoms with Crippen LogP contribution in [0.2, 0.25) is 0 Å². The molecule has 0 fully saturated rings. The molecule has 0 amide bonds. The lowest BCUT2D eigenvalue weighted by atomic mass is 10.3. The van der Waals surface area contributed by atoms with Crippen LogP contribution in [0.3, 0.4) is 0 Å². The average molecular weight is 263 g/mol. The Hall–Kier alpha value is 0.0569. The van der Waals surface area contributed by atoms with Gasteiger partial charge in [-0.05, 0) is 40.7 Å². The third kappa shape index (κ3) is 4.67. The quantitative estimate of drug-likeness (QED) is 0.567. The maximum atomic E-state index is 5.91. The van der Waals surface area contributed by atoms with E-state index in [4.69, 9.17) is 13.3 Å². The largest absolute Gasteiger partial charge is 0.599 e. The first-order chi connectivity index (χ1) is 8.11. The van der Waals surface area contributed by atoms with Crippen LogP contribution in [0.15, 0.2) is 0 Å². The van der Waals surface area contributed by atoms with Gasteiger partial charge in [0.05, 0.1) is 0 Å². The summed E-state index contributed by atoms with van der Waals surface area (Å²) in [5.41, 5.74) is 0. The van der Waals surface area contributed by atoms with Crippen molar-refractivity contribution in [1.29, 1.82) is 0 Å². The summed E-state index contributed by atoms with van der Waals surface area (Å²) >= 11 is 0. The van der Waals surface area contributed by atoms with Gasteiger partial charge in [-0.1, -0.05) is 13.8 Å². The summed E-state index contributed by atoms with van der Waals surface area (Å²) in [6.07, 6.45) is 1.07. The first-order valence-electron chi connectivity index (χ1n) is 6.80. The standard InChI is InChI=1S/C12H29NO3Si/c1-7-12(6)13(8-2)17(14-9-3,15-10-4)16-11-5/h12H,7-11H2,1-6H3. The van der Waals surface area contributed by atoms with E-state index in [9.17, 15) is 0 Å². The molecule has 17 heavy (non-hydrogen) atoms. The van der Waals surface area contributed by atoms with Gasteiger partial charge in [0.15, 0.2) is 0 Å². The van der Waals surface area contributed by atoms with Crippen molar-refractivity contribution in [3.63, 3.8) is 0 Å². The third-order valence-electron chi connectivity index (χ3n) is 2.80. The minimum absolute atomic E-state index is 0.413. The van der Waals surface area contributed by atoms with Crippen molar-refractivity contribution in [3.8, 4) is 0 Å². The summed E-state index contributed by atoms with van der Waals surface area (Å²) in [6.45, 7) is 15.2. The van der Waals surface area contributed by atoms with Crippen LogP contribution in [0.4, 0.5) is 0 Å². The topological polar surface area (TPSA) is 30.9 Å². The van der Waals surface area contributed by atoms with Crippen LogP contribution >= 0.6 is 0 Å². The van der Waals surface area contributed by atoms with Crippen molar-refractivity contribution in [2.75, 3.05) is 26.4 Å². The Balaban J connectivity index is 5.03. The fourth-order valence-corrected chi connectivity index (χ4v) is 4.87. The van der Waals surface area contributed by atoms with E-state index in [2.05, 4.69) is 25.3 Å². The highest BCUT2D eigenvalue weighted by Gasteiger charge is 2.49. The Morgan fingerprint density at radius 2 is 1.29 bits per heavy atom. The molecule has 0 bridgehead atoms. The minimum atomic E-state index is -2.68. The molecule has 0 saturated carbocycles. The number of rotatable bonds is 10. The van der Waals surface area contributed by atoms with E-state index in [1.54, 1.807) is 0 Å².